The van der Waals surface area contributed by atoms with Gasteiger partial charge in [0.2, 0.25) is 0 Å². The number of ether oxygens (including phenoxy) is 1. The standard InChI is InChI=1S/C11H17NO4/c1-3-7-16-10(15)12-6-4-5-11(2,8-12)9(13)14/h3H,1,4-8H2,2H3,(H,13,14). The second-order valence-corrected chi connectivity index (χ2v) is 4.26. The average molecular weight is 227 g/mol. The molecule has 0 saturated carbocycles. The van der Waals surface area contributed by atoms with E-state index in [1.807, 2.05) is 0 Å². The van der Waals surface area contributed by atoms with E-state index in [4.69, 9.17) is 9.84 Å². The van der Waals surface area contributed by atoms with Gasteiger partial charge >= 0.3 is 12.1 Å². The van der Waals surface area contributed by atoms with Crippen LogP contribution in [0.25, 0.3) is 0 Å². The zero-order valence-electron chi connectivity index (χ0n) is 9.44. The maximum absolute atomic E-state index is 11.5. The largest absolute Gasteiger partial charge is 0.481 e. The Hall–Kier alpha value is -1.52. The summed E-state index contributed by atoms with van der Waals surface area (Å²) in [4.78, 5) is 24.0. The average Bonchev–Trinajstić information content (AvgIpc) is 2.25. The van der Waals surface area contributed by atoms with Crippen LogP contribution in [0.5, 0.6) is 0 Å². The Labute approximate surface area is 94.7 Å². The van der Waals surface area contributed by atoms with Crippen molar-refractivity contribution in [3.8, 4) is 0 Å². The van der Waals surface area contributed by atoms with Gasteiger partial charge in [-0.15, -0.1) is 0 Å². The van der Waals surface area contributed by atoms with Crippen LogP contribution in [0.3, 0.4) is 0 Å². The van der Waals surface area contributed by atoms with Crippen LogP contribution in [0.4, 0.5) is 4.79 Å². The molecular formula is C11H17NO4. The number of carbonyl (C=O) groups is 2. The number of hydrogen-bond acceptors (Lipinski definition) is 3. The number of carbonyl (C=O) groups excluding carboxylic acids is 1. The van der Waals surface area contributed by atoms with Crippen molar-refractivity contribution >= 4 is 12.1 Å². The zero-order valence-corrected chi connectivity index (χ0v) is 9.44. The lowest BCUT2D eigenvalue weighted by molar-refractivity contribution is -0.150. The first-order chi connectivity index (χ1) is 7.49. The molecule has 90 valence electrons. The molecule has 5 heteroatoms. The summed E-state index contributed by atoms with van der Waals surface area (Å²) in [6.07, 6.45) is 2.30. The Morgan fingerprint density at radius 3 is 2.88 bits per heavy atom. The SMILES string of the molecule is C=CCOC(=O)N1CCCC(C)(C(=O)O)C1. The van der Waals surface area contributed by atoms with E-state index in [0.29, 0.717) is 19.4 Å². The summed E-state index contributed by atoms with van der Waals surface area (Å²) >= 11 is 0. The summed E-state index contributed by atoms with van der Waals surface area (Å²) in [5.41, 5.74) is -0.856. The number of nitrogens with zero attached hydrogens (tertiary/aromatic N) is 1. The minimum atomic E-state index is -0.867. The van der Waals surface area contributed by atoms with Crippen LogP contribution >= 0.6 is 0 Å². The lowest BCUT2D eigenvalue weighted by Gasteiger charge is -2.36. The molecule has 1 fully saturated rings. The van der Waals surface area contributed by atoms with Crippen LogP contribution in [-0.2, 0) is 9.53 Å². The number of likely N-dealkylation sites (tertiary alicyclic amines) is 1. The number of aliphatic carboxylic acids is 1. The highest BCUT2D eigenvalue weighted by Crippen LogP contribution is 2.29. The van der Waals surface area contributed by atoms with Gasteiger partial charge < -0.3 is 14.7 Å². The molecule has 0 aliphatic carbocycles. The fraction of sp³-hybridized carbons (Fsp3) is 0.636. The lowest BCUT2D eigenvalue weighted by Crippen LogP contribution is -2.48. The third kappa shape index (κ3) is 2.74. The van der Waals surface area contributed by atoms with E-state index in [9.17, 15) is 9.59 Å². The summed E-state index contributed by atoms with van der Waals surface area (Å²) in [6.45, 7) is 6.01. The maximum Gasteiger partial charge on any atom is 0.410 e. The molecule has 0 bridgehead atoms. The minimum Gasteiger partial charge on any atom is -0.481 e. The van der Waals surface area contributed by atoms with Gasteiger partial charge in [0, 0.05) is 13.1 Å². The van der Waals surface area contributed by atoms with Gasteiger partial charge in [-0.1, -0.05) is 12.7 Å². The molecule has 1 heterocycles. The smallest absolute Gasteiger partial charge is 0.410 e. The molecule has 1 N–H and O–H groups in total. The van der Waals surface area contributed by atoms with Gasteiger partial charge in [0.15, 0.2) is 0 Å². The number of amides is 1. The molecule has 0 aromatic heterocycles. The normalized spacial score (nSPS) is 24.9. The second-order valence-electron chi connectivity index (χ2n) is 4.26. The molecule has 1 saturated heterocycles. The molecule has 1 aliphatic heterocycles. The zero-order chi connectivity index (χ0) is 12.2. The Morgan fingerprint density at radius 2 is 2.31 bits per heavy atom. The molecule has 0 aromatic rings. The number of piperidine rings is 1. The molecular weight excluding hydrogens is 210 g/mol. The number of rotatable bonds is 3. The van der Waals surface area contributed by atoms with Crippen LogP contribution in [0.15, 0.2) is 12.7 Å². The fourth-order valence-electron chi connectivity index (χ4n) is 1.79. The van der Waals surface area contributed by atoms with Crippen molar-refractivity contribution in [3.05, 3.63) is 12.7 Å². The van der Waals surface area contributed by atoms with Crippen molar-refractivity contribution in [1.82, 2.24) is 4.90 Å². The van der Waals surface area contributed by atoms with Crippen molar-refractivity contribution in [2.75, 3.05) is 19.7 Å². The Bertz CT molecular complexity index is 302. The fourth-order valence-corrected chi connectivity index (χ4v) is 1.79. The summed E-state index contributed by atoms with van der Waals surface area (Å²) in [7, 11) is 0. The van der Waals surface area contributed by atoms with E-state index >= 15 is 0 Å². The van der Waals surface area contributed by atoms with Crippen molar-refractivity contribution < 1.29 is 19.4 Å². The Morgan fingerprint density at radius 1 is 1.62 bits per heavy atom. The van der Waals surface area contributed by atoms with E-state index in [1.54, 1.807) is 6.92 Å². The van der Waals surface area contributed by atoms with E-state index < -0.39 is 17.5 Å². The van der Waals surface area contributed by atoms with Crippen molar-refractivity contribution in [2.45, 2.75) is 19.8 Å². The first-order valence-electron chi connectivity index (χ1n) is 5.25. The number of carboxylic acids is 1. The highest BCUT2D eigenvalue weighted by molar-refractivity contribution is 5.76. The van der Waals surface area contributed by atoms with Gasteiger partial charge in [-0.25, -0.2) is 4.79 Å². The second kappa shape index (κ2) is 5.01. The van der Waals surface area contributed by atoms with Crippen molar-refractivity contribution in [1.29, 1.82) is 0 Å². The highest BCUT2D eigenvalue weighted by atomic mass is 16.6. The van der Waals surface area contributed by atoms with Crippen LogP contribution < -0.4 is 0 Å². The van der Waals surface area contributed by atoms with Crippen LogP contribution in [0.2, 0.25) is 0 Å². The molecule has 0 radical (unpaired) electrons. The van der Waals surface area contributed by atoms with Crippen molar-refractivity contribution in [2.24, 2.45) is 5.41 Å². The molecule has 1 rings (SSSR count). The molecule has 1 amide bonds. The molecule has 0 spiro atoms. The third-order valence-corrected chi connectivity index (χ3v) is 2.80. The van der Waals surface area contributed by atoms with E-state index in [-0.39, 0.29) is 13.2 Å². The summed E-state index contributed by atoms with van der Waals surface area (Å²) in [6, 6.07) is 0. The monoisotopic (exact) mass is 227 g/mol. The number of carboxylic acid groups (broad SMARTS) is 1. The predicted molar refractivity (Wildman–Crippen MR) is 58.1 cm³/mol. The summed E-state index contributed by atoms with van der Waals surface area (Å²) in [5.74, 6) is -0.867. The molecule has 1 atom stereocenters. The van der Waals surface area contributed by atoms with Crippen molar-refractivity contribution in [3.63, 3.8) is 0 Å². The van der Waals surface area contributed by atoms with Gasteiger partial charge in [0.1, 0.15) is 6.61 Å². The summed E-state index contributed by atoms with van der Waals surface area (Å²) < 4.78 is 4.88. The van der Waals surface area contributed by atoms with Gasteiger partial charge in [0.25, 0.3) is 0 Å². The first-order valence-corrected chi connectivity index (χ1v) is 5.25. The Balaban J connectivity index is 2.59. The molecule has 16 heavy (non-hydrogen) atoms. The lowest BCUT2D eigenvalue weighted by atomic mass is 9.82. The maximum atomic E-state index is 11.5. The van der Waals surface area contributed by atoms with Crippen LogP contribution in [0.1, 0.15) is 19.8 Å². The quantitative estimate of drug-likeness (QED) is 0.742. The topological polar surface area (TPSA) is 66.8 Å². The van der Waals surface area contributed by atoms with Crippen LogP contribution in [0, 0.1) is 5.41 Å². The minimum absolute atomic E-state index is 0.152. The number of hydrogen-bond donors (Lipinski definition) is 1. The molecule has 1 aliphatic rings. The van der Waals surface area contributed by atoms with E-state index in [1.165, 1.54) is 11.0 Å². The first kappa shape index (κ1) is 12.5. The predicted octanol–water partition coefficient (Wildman–Crippen LogP) is 1.50. The van der Waals surface area contributed by atoms with Gasteiger partial charge in [0.05, 0.1) is 5.41 Å². The Kier molecular flexibility index (Phi) is 3.93. The highest BCUT2D eigenvalue weighted by Gasteiger charge is 2.39. The van der Waals surface area contributed by atoms with Crippen LogP contribution in [-0.4, -0.2) is 41.8 Å². The molecule has 0 aromatic carbocycles. The molecule has 1 unspecified atom stereocenters. The summed E-state index contributed by atoms with van der Waals surface area (Å²) in [5, 5.41) is 9.08. The third-order valence-electron chi connectivity index (χ3n) is 2.80. The van der Waals surface area contributed by atoms with E-state index in [0.717, 1.165) is 0 Å². The van der Waals surface area contributed by atoms with E-state index in [2.05, 4.69) is 6.58 Å². The molecule has 5 nitrogen and oxygen atoms in total. The van der Waals surface area contributed by atoms with Gasteiger partial charge in [-0.05, 0) is 19.8 Å². The van der Waals surface area contributed by atoms with Gasteiger partial charge in [-0.2, -0.15) is 0 Å². The van der Waals surface area contributed by atoms with Gasteiger partial charge in [-0.3, -0.25) is 4.79 Å².